The summed E-state index contributed by atoms with van der Waals surface area (Å²) < 4.78 is 0. The Bertz CT molecular complexity index is 676. The van der Waals surface area contributed by atoms with Crippen LogP contribution in [0.25, 0.3) is 5.57 Å². The molecule has 23 heavy (non-hydrogen) atoms. The maximum Gasteiger partial charge on any atom is 0.0739 e. The van der Waals surface area contributed by atoms with Gasteiger partial charge in [-0.1, -0.05) is 35.9 Å². The molecule has 1 saturated heterocycles. The third-order valence-corrected chi connectivity index (χ3v) is 4.89. The smallest absolute Gasteiger partial charge is 0.0739 e. The molecule has 2 aliphatic rings. The summed E-state index contributed by atoms with van der Waals surface area (Å²) in [4.78, 5) is 6.94. The average molecular weight is 473 g/mol. The molecule has 1 fully saturated rings. The number of fused-ring (bicyclic) bond motifs is 2. The minimum absolute atomic E-state index is 0. The second-order valence-electron chi connectivity index (χ2n) is 6.26. The maximum absolute atomic E-state index is 4.77. The molecular weight excluding hydrogens is 452 g/mol. The summed E-state index contributed by atoms with van der Waals surface area (Å²) in [6, 6.07) is 13.2. The first-order chi connectivity index (χ1) is 10.8. The van der Waals surface area contributed by atoms with Crippen LogP contribution < -0.4 is 0 Å². The van der Waals surface area contributed by atoms with Gasteiger partial charge < -0.3 is 4.90 Å². The van der Waals surface area contributed by atoms with Crippen molar-refractivity contribution in [3.05, 3.63) is 77.6 Å². The van der Waals surface area contributed by atoms with Crippen molar-refractivity contribution in [2.24, 2.45) is 0 Å². The van der Waals surface area contributed by atoms with Crippen molar-refractivity contribution in [2.75, 3.05) is 13.1 Å². The number of hydrogen-bond donors (Lipinski definition) is 0. The number of piperidine rings is 1. The number of rotatable bonds is 0. The second kappa shape index (κ2) is 7.11. The number of likely N-dealkylation sites (tertiary alicyclic amines) is 1. The zero-order valence-electron chi connectivity index (χ0n) is 13.3. The molecule has 2 aromatic rings. The molecule has 0 N–H and O–H groups in total. The molecule has 1 aromatic carbocycles. The summed E-state index contributed by atoms with van der Waals surface area (Å²) in [5.74, 6) is 0. The molecule has 1 aliphatic heterocycles. The van der Waals surface area contributed by atoms with Gasteiger partial charge in [0, 0.05) is 32.8 Å². The van der Waals surface area contributed by atoms with Crippen molar-refractivity contribution in [3.8, 4) is 0 Å². The Balaban J connectivity index is 0.00000156. The van der Waals surface area contributed by atoms with E-state index >= 15 is 0 Å². The summed E-state index contributed by atoms with van der Waals surface area (Å²) in [7, 11) is 4.08. The average Bonchev–Trinajstić information content (AvgIpc) is 2.73. The topological polar surface area (TPSA) is 16.1 Å². The maximum atomic E-state index is 4.77. The van der Waals surface area contributed by atoms with Gasteiger partial charge in [0.15, 0.2) is 0 Å². The van der Waals surface area contributed by atoms with Crippen molar-refractivity contribution >= 4 is 5.57 Å². The van der Waals surface area contributed by atoms with Gasteiger partial charge in [-0.15, -0.1) is 0 Å². The fourth-order valence-corrected chi connectivity index (χ4v) is 3.68. The Morgan fingerprint density at radius 1 is 0.870 bits per heavy atom. The summed E-state index contributed by atoms with van der Waals surface area (Å²) in [6.07, 6.45) is 6.32. The van der Waals surface area contributed by atoms with Crippen LogP contribution in [-0.2, 0) is 33.9 Å². The molecule has 3 heteroatoms. The van der Waals surface area contributed by atoms with E-state index in [0.29, 0.717) is 0 Å². The standard InChI is InChI=1S/C20H21N2.W/c1-22-13-10-16(11-14-22)19-18-7-3-2-5-15(18)8-9-17-6-4-12-21-20(17)19;/h2-7,12H,1,8-11,13-14H2;/q-1;. The predicted molar refractivity (Wildman–Crippen MR) is 90.3 cm³/mol. The number of benzene rings is 1. The molecule has 0 atom stereocenters. The van der Waals surface area contributed by atoms with Gasteiger partial charge in [-0.25, -0.2) is 0 Å². The molecule has 118 valence electrons. The van der Waals surface area contributed by atoms with Crippen molar-refractivity contribution in [1.82, 2.24) is 9.88 Å². The third-order valence-electron chi connectivity index (χ3n) is 4.89. The van der Waals surface area contributed by atoms with E-state index in [9.17, 15) is 0 Å². The van der Waals surface area contributed by atoms with E-state index in [4.69, 9.17) is 4.98 Å². The summed E-state index contributed by atoms with van der Waals surface area (Å²) in [6.45, 7) is 2.09. The summed E-state index contributed by atoms with van der Waals surface area (Å²) in [5, 5.41) is 0. The zero-order valence-corrected chi connectivity index (χ0v) is 16.2. The van der Waals surface area contributed by atoms with Gasteiger partial charge in [0.25, 0.3) is 0 Å². The van der Waals surface area contributed by atoms with Crippen molar-refractivity contribution in [1.29, 1.82) is 0 Å². The first-order valence-corrected chi connectivity index (χ1v) is 8.13. The van der Waals surface area contributed by atoms with Crippen LogP contribution in [0.1, 0.15) is 35.2 Å². The number of aromatic nitrogens is 1. The van der Waals surface area contributed by atoms with Crippen LogP contribution in [-0.4, -0.2) is 23.0 Å². The molecule has 4 rings (SSSR count). The van der Waals surface area contributed by atoms with Gasteiger partial charge >= 0.3 is 0 Å². The third kappa shape index (κ3) is 3.20. The molecule has 0 unspecified atom stereocenters. The number of aryl methyl sites for hydroxylation is 2. The largest absolute Gasteiger partial charge is 0.459 e. The first kappa shape index (κ1) is 16.6. The van der Waals surface area contributed by atoms with E-state index in [1.807, 2.05) is 6.20 Å². The number of hydrogen-bond acceptors (Lipinski definition) is 2. The van der Waals surface area contributed by atoms with Crippen molar-refractivity contribution < 1.29 is 21.1 Å². The fraction of sp³-hybridized carbons (Fsp3) is 0.300. The van der Waals surface area contributed by atoms with Gasteiger partial charge in [-0.2, -0.15) is 0 Å². The molecule has 0 bridgehead atoms. The predicted octanol–water partition coefficient (Wildman–Crippen LogP) is 3.87. The molecule has 0 spiro atoms. The normalized spacial score (nSPS) is 17.8. The molecule has 2 heterocycles. The SMILES string of the molecule is [CH2-]N1CCC(=C2c3ccccc3CCc3cccnc32)CC1.[W]. The fourth-order valence-electron chi connectivity index (χ4n) is 3.68. The quantitative estimate of drug-likeness (QED) is 0.541. The molecule has 0 amide bonds. The number of pyridine rings is 1. The minimum atomic E-state index is 0. The van der Waals surface area contributed by atoms with E-state index in [0.717, 1.165) is 38.8 Å². The van der Waals surface area contributed by atoms with Crippen LogP contribution in [0.5, 0.6) is 0 Å². The van der Waals surface area contributed by atoms with Crippen LogP contribution >= 0.6 is 0 Å². The Kier molecular flexibility index (Phi) is 5.14. The van der Waals surface area contributed by atoms with Crippen LogP contribution in [0.4, 0.5) is 0 Å². The van der Waals surface area contributed by atoms with E-state index in [1.165, 1.54) is 28.0 Å². The number of nitrogens with zero attached hydrogens (tertiary/aromatic N) is 2. The molecule has 0 saturated carbocycles. The van der Waals surface area contributed by atoms with E-state index in [-0.39, 0.29) is 21.1 Å². The first-order valence-electron chi connectivity index (χ1n) is 8.13. The van der Waals surface area contributed by atoms with Gasteiger partial charge in [-0.3, -0.25) is 12.0 Å². The van der Waals surface area contributed by atoms with Crippen LogP contribution in [0.3, 0.4) is 0 Å². The second-order valence-corrected chi connectivity index (χ2v) is 6.26. The Hall–Kier alpha value is -1.24. The minimum Gasteiger partial charge on any atom is -0.459 e. The van der Waals surface area contributed by atoms with Crippen LogP contribution in [0.2, 0.25) is 0 Å². The molecule has 0 radical (unpaired) electrons. The van der Waals surface area contributed by atoms with E-state index < -0.39 is 0 Å². The Morgan fingerprint density at radius 3 is 2.39 bits per heavy atom. The van der Waals surface area contributed by atoms with E-state index in [1.54, 1.807) is 5.57 Å². The molecular formula is C20H21N2W-. The molecule has 2 nitrogen and oxygen atoms in total. The van der Waals surface area contributed by atoms with Crippen LogP contribution in [0, 0.1) is 7.05 Å². The monoisotopic (exact) mass is 473 g/mol. The van der Waals surface area contributed by atoms with Gasteiger partial charge in [0.1, 0.15) is 0 Å². The van der Waals surface area contributed by atoms with Gasteiger partial charge in [0.05, 0.1) is 5.69 Å². The molecule has 1 aliphatic carbocycles. The summed E-state index contributed by atoms with van der Waals surface area (Å²) >= 11 is 0. The van der Waals surface area contributed by atoms with Gasteiger partial charge in [0.2, 0.25) is 0 Å². The van der Waals surface area contributed by atoms with Crippen molar-refractivity contribution in [3.63, 3.8) is 0 Å². The van der Waals surface area contributed by atoms with Crippen molar-refractivity contribution in [2.45, 2.75) is 25.7 Å². The van der Waals surface area contributed by atoms with Crippen LogP contribution in [0.15, 0.2) is 48.2 Å². The summed E-state index contributed by atoms with van der Waals surface area (Å²) in [5.41, 5.74) is 8.40. The van der Waals surface area contributed by atoms with E-state index in [2.05, 4.69) is 48.3 Å². The zero-order chi connectivity index (χ0) is 14.9. The Morgan fingerprint density at radius 2 is 1.57 bits per heavy atom. The van der Waals surface area contributed by atoms with Gasteiger partial charge in [-0.05, 0) is 61.5 Å². The molecule has 1 aromatic heterocycles. The Labute approximate surface area is 152 Å².